The SMILES string of the molecule is CCCCCCCCCCCC(=O)N(CCc1ccccc1)C(C)c1nc2cc(Cl)ccc2c(=O)n1-c1ccc(OC)cc1. The Morgan fingerprint density at radius 1 is 0.909 bits per heavy atom. The van der Waals surface area contributed by atoms with Crippen molar-refractivity contribution in [3.8, 4) is 11.4 Å². The maximum Gasteiger partial charge on any atom is 0.266 e. The normalized spacial score (nSPS) is 11.9. The molecule has 0 aliphatic heterocycles. The summed E-state index contributed by atoms with van der Waals surface area (Å²) in [4.78, 5) is 34.8. The fourth-order valence-electron chi connectivity index (χ4n) is 5.74. The molecule has 4 aromatic rings. The molecule has 1 heterocycles. The molecular weight excluding hydrogens is 570 g/mol. The molecule has 1 unspecified atom stereocenters. The van der Waals surface area contributed by atoms with E-state index in [0.717, 1.165) is 24.8 Å². The number of unbranched alkanes of at least 4 members (excludes halogenated alkanes) is 8. The van der Waals surface area contributed by atoms with Gasteiger partial charge in [-0.1, -0.05) is 100 Å². The maximum absolute atomic E-state index is 14.0. The van der Waals surface area contributed by atoms with Crippen LogP contribution in [0.1, 0.15) is 95.5 Å². The molecule has 1 aromatic heterocycles. The van der Waals surface area contributed by atoms with E-state index in [0.29, 0.717) is 52.6 Å². The number of hydrogen-bond acceptors (Lipinski definition) is 4. The van der Waals surface area contributed by atoms with Crippen molar-refractivity contribution < 1.29 is 9.53 Å². The topological polar surface area (TPSA) is 64.4 Å². The third-order valence-electron chi connectivity index (χ3n) is 8.33. The first kappa shape index (κ1) is 33.3. The van der Waals surface area contributed by atoms with E-state index in [-0.39, 0.29) is 11.5 Å². The van der Waals surface area contributed by atoms with Crippen LogP contribution in [0.3, 0.4) is 0 Å². The number of methoxy groups -OCH3 is 1. The summed E-state index contributed by atoms with van der Waals surface area (Å²) in [6.07, 6.45) is 11.9. The van der Waals surface area contributed by atoms with Gasteiger partial charge in [0, 0.05) is 18.0 Å². The van der Waals surface area contributed by atoms with Gasteiger partial charge in [0.2, 0.25) is 5.91 Å². The lowest BCUT2D eigenvalue weighted by atomic mass is 10.1. The third-order valence-corrected chi connectivity index (χ3v) is 8.56. The summed E-state index contributed by atoms with van der Waals surface area (Å²) in [5.74, 6) is 1.28. The quantitative estimate of drug-likeness (QED) is 0.111. The first-order valence-corrected chi connectivity index (χ1v) is 16.5. The number of hydrogen-bond donors (Lipinski definition) is 0. The van der Waals surface area contributed by atoms with Crippen LogP contribution in [0.5, 0.6) is 5.75 Å². The minimum atomic E-state index is -0.456. The molecule has 4 rings (SSSR count). The van der Waals surface area contributed by atoms with E-state index in [1.807, 2.05) is 54.3 Å². The number of aromatic nitrogens is 2. The minimum Gasteiger partial charge on any atom is -0.497 e. The van der Waals surface area contributed by atoms with Gasteiger partial charge in [-0.25, -0.2) is 4.98 Å². The highest BCUT2D eigenvalue weighted by Crippen LogP contribution is 2.26. The smallest absolute Gasteiger partial charge is 0.266 e. The number of benzene rings is 3. The Kier molecular flexibility index (Phi) is 12.9. The van der Waals surface area contributed by atoms with Gasteiger partial charge in [-0.3, -0.25) is 14.2 Å². The Bertz CT molecular complexity index is 1540. The minimum absolute atomic E-state index is 0.0816. The van der Waals surface area contributed by atoms with Crippen molar-refractivity contribution in [3.05, 3.63) is 99.6 Å². The lowest BCUT2D eigenvalue weighted by molar-refractivity contribution is -0.133. The van der Waals surface area contributed by atoms with Gasteiger partial charge in [0.15, 0.2) is 0 Å². The number of halogens is 1. The fraction of sp³-hybridized carbons (Fsp3) is 0.432. The molecule has 0 N–H and O–H groups in total. The largest absolute Gasteiger partial charge is 0.497 e. The summed E-state index contributed by atoms with van der Waals surface area (Å²) in [5.41, 5.74) is 2.14. The summed E-state index contributed by atoms with van der Waals surface area (Å²) in [6, 6.07) is 22.2. The molecule has 0 saturated carbocycles. The van der Waals surface area contributed by atoms with Crippen LogP contribution >= 0.6 is 11.6 Å². The van der Waals surface area contributed by atoms with Crippen LogP contribution in [0, 0.1) is 0 Å². The molecule has 0 bridgehead atoms. The first-order valence-electron chi connectivity index (χ1n) is 16.1. The van der Waals surface area contributed by atoms with Crippen molar-refractivity contribution in [2.24, 2.45) is 0 Å². The average Bonchev–Trinajstić information content (AvgIpc) is 3.04. The number of fused-ring (bicyclic) bond motifs is 1. The van der Waals surface area contributed by atoms with E-state index in [2.05, 4.69) is 19.1 Å². The molecule has 44 heavy (non-hydrogen) atoms. The summed E-state index contributed by atoms with van der Waals surface area (Å²) >= 11 is 6.32. The van der Waals surface area contributed by atoms with Crippen molar-refractivity contribution in [1.29, 1.82) is 0 Å². The van der Waals surface area contributed by atoms with E-state index in [1.165, 1.54) is 38.5 Å². The van der Waals surface area contributed by atoms with Crippen molar-refractivity contribution in [2.75, 3.05) is 13.7 Å². The third kappa shape index (κ3) is 8.95. The highest BCUT2D eigenvalue weighted by Gasteiger charge is 2.27. The number of ether oxygens (including phenoxy) is 1. The summed E-state index contributed by atoms with van der Waals surface area (Å²) in [7, 11) is 1.61. The molecule has 0 radical (unpaired) electrons. The molecule has 1 atom stereocenters. The highest BCUT2D eigenvalue weighted by molar-refractivity contribution is 6.31. The Morgan fingerprint density at radius 3 is 2.23 bits per heavy atom. The lowest BCUT2D eigenvalue weighted by Gasteiger charge is -2.31. The van der Waals surface area contributed by atoms with Crippen LogP contribution in [-0.2, 0) is 11.2 Å². The van der Waals surface area contributed by atoms with Crippen LogP contribution in [0.4, 0.5) is 0 Å². The second-order valence-electron chi connectivity index (χ2n) is 11.5. The number of amides is 1. The van der Waals surface area contributed by atoms with E-state index in [9.17, 15) is 9.59 Å². The highest BCUT2D eigenvalue weighted by atomic mass is 35.5. The molecular formula is C37H46ClN3O3. The van der Waals surface area contributed by atoms with Crippen LogP contribution in [-0.4, -0.2) is 34.0 Å². The zero-order chi connectivity index (χ0) is 31.3. The Balaban J connectivity index is 1.61. The number of nitrogens with zero attached hydrogens (tertiary/aromatic N) is 3. The molecule has 6 nitrogen and oxygen atoms in total. The molecule has 0 spiro atoms. The van der Waals surface area contributed by atoms with Crippen LogP contribution in [0.25, 0.3) is 16.6 Å². The molecule has 0 aliphatic rings. The van der Waals surface area contributed by atoms with E-state index >= 15 is 0 Å². The lowest BCUT2D eigenvalue weighted by Crippen LogP contribution is -2.38. The van der Waals surface area contributed by atoms with E-state index < -0.39 is 6.04 Å². The molecule has 1 amide bonds. The van der Waals surface area contributed by atoms with Crippen molar-refractivity contribution >= 4 is 28.4 Å². The van der Waals surface area contributed by atoms with Crippen molar-refractivity contribution in [1.82, 2.24) is 14.5 Å². The van der Waals surface area contributed by atoms with Gasteiger partial charge in [0.05, 0.1) is 29.7 Å². The standard InChI is InChI=1S/C37H46ClN3O3/c1-4-5-6-7-8-9-10-11-15-18-35(42)40(26-25-29-16-13-12-14-17-29)28(2)36-39-34-27-30(38)19-24-33(34)37(43)41(36)31-20-22-32(44-3)23-21-31/h12-14,16-17,19-24,27-28H,4-11,15,18,25-26H2,1-3H3. The van der Waals surface area contributed by atoms with Gasteiger partial charge >= 0.3 is 0 Å². The number of carbonyl (C=O) groups is 1. The number of carbonyl (C=O) groups excluding carboxylic acids is 1. The van der Waals surface area contributed by atoms with Gasteiger partial charge in [-0.15, -0.1) is 0 Å². The molecule has 7 heteroatoms. The predicted molar refractivity (Wildman–Crippen MR) is 181 cm³/mol. The first-order chi connectivity index (χ1) is 21.4. The van der Waals surface area contributed by atoms with Gasteiger partial charge < -0.3 is 9.64 Å². The second-order valence-corrected chi connectivity index (χ2v) is 12.0. The Morgan fingerprint density at radius 2 is 1.57 bits per heavy atom. The number of rotatable bonds is 17. The van der Waals surface area contributed by atoms with E-state index in [1.54, 1.807) is 29.9 Å². The van der Waals surface area contributed by atoms with Crippen molar-refractivity contribution in [2.45, 2.75) is 90.5 Å². The Hall–Kier alpha value is -3.64. The van der Waals surface area contributed by atoms with Crippen LogP contribution in [0.15, 0.2) is 77.6 Å². The fourth-order valence-corrected chi connectivity index (χ4v) is 5.90. The summed E-state index contributed by atoms with van der Waals surface area (Å²) in [5, 5.41) is 0.977. The van der Waals surface area contributed by atoms with Crippen molar-refractivity contribution in [3.63, 3.8) is 0 Å². The zero-order valence-electron chi connectivity index (χ0n) is 26.4. The molecule has 0 saturated heterocycles. The van der Waals surface area contributed by atoms with Gasteiger partial charge in [-0.05, 0) is 67.8 Å². The Labute approximate surface area is 267 Å². The molecule has 0 fully saturated rings. The average molecular weight is 616 g/mol. The van der Waals surface area contributed by atoms with Gasteiger partial charge in [0.1, 0.15) is 11.6 Å². The molecule has 0 aliphatic carbocycles. The summed E-state index contributed by atoms with van der Waals surface area (Å²) in [6.45, 7) is 4.73. The summed E-state index contributed by atoms with van der Waals surface area (Å²) < 4.78 is 6.98. The monoisotopic (exact) mass is 615 g/mol. The molecule has 3 aromatic carbocycles. The predicted octanol–water partition coefficient (Wildman–Crippen LogP) is 9.10. The zero-order valence-corrected chi connectivity index (χ0v) is 27.2. The molecule has 234 valence electrons. The van der Waals surface area contributed by atoms with E-state index in [4.69, 9.17) is 21.3 Å². The maximum atomic E-state index is 14.0. The van der Waals surface area contributed by atoms with Gasteiger partial charge in [-0.2, -0.15) is 0 Å². The van der Waals surface area contributed by atoms with Gasteiger partial charge in [0.25, 0.3) is 5.56 Å². The second kappa shape index (κ2) is 17.0. The van der Waals surface area contributed by atoms with Crippen LogP contribution < -0.4 is 10.3 Å². The van der Waals surface area contributed by atoms with Crippen LogP contribution in [0.2, 0.25) is 5.02 Å².